The fourth-order valence-electron chi connectivity index (χ4n) is 1.66. The van der Waals surface area contributed by atoms with Gasteiger partial charge in [0.2, 0.25) is 5.91 Å². The highest BCUT2D eigenvalue weighted by Crippen LogP contribution is 2.13. The second kappa shape index (κ2) is 3.22. The molecule has 1 saturated heterocycles. The monoisotopic (exact) mass is 179 g/mol. The van der Waals surface area contributed by atoms with Gasteiger partial charge in [-0.05, 0) is 6.08 Å². The molecular weight excluding hydrogens is 166 g/mol. The predicted octanol–water partition coefficient (Wildman–Crippen LogP) is -0.801. The molecule has 1 unspecified atom stereocenters. The molecule has 2 aliphatic heterocycles. The Morgan fingerprint density at radius 3 is 3.31 bits per heavy atom. The minimum atomic E-state index is -0.270. The summed E-state index contributed by atoms with van der Waals surface area (Å²) in [6, 6.07) is -0.205. The third-order valence-corrected chi connectivity index (χ3v) is 2.43. The van der Waals surface area contributed by atoms with Crippen molar-refractivity contribution >= 4 is 5.91 Å². The van der Waals surface area contributed by atoms with Crippen molar-refractivity contribution in [3.05, 3.63) is 23.9 Å². The van der Waals surface area contributed by atoms with Crippen molar-refractivity contribution in [1.82, 2.24) is 10.2 Å². The van der Waals surface area contributed by atoms with Gasteiger partial charge in [-0.2, -0.15) is 0 Å². The molecule has 0 saturated carbocycles. The van der Waals surface area contributed by atoms with Crippen molar-refractivity contribution in [2.75, 3.05) is 19.6 Å². The van der Waals surface area contributed by atoms with Gasteiger partial charge >= 0.3 is 0 Å². The summed E-state index contributed by atoms with van der Waals surface area (Å²) in [5.41, 5.74) is 6.46. The van der Waals surface area contributed by atoms with Gasteiger partial charge in [0.05, 0.1) is 0 Å². The molecule has 13 heavy (non-hydrogen) atoms. The first-order valence-corrected chi connectivity index (χ1v) is 4.41. The number of fused-ring (bicyclic) bond motifs is 1. The Balaban J connectivity index is 2.07. The number of allylic oxidation sites excluding steroid dienone is 2. The van der Waals surface area contributed by atoms with Crippen molar-refractivity contribution in [2.45, 2.75) is 6.04 Å². The lowest BCUT2D eigenvalue weighted by Crippen LogP contribution is -2.55. The van der Waals surface area contributed by atoms with Crippen LogP contribution in [0.2, 0.25) is 0 Å². The molecule has 2 rings (SSSR count). The summed E-state index contributed by atoms with van der Waals surface area (Å²) in [4.78, 5) is 13.1. The third kappa shape index (κ3) is 1.58. The molecule has 4 heteroatoms. The average Bonchev–Trinajstić information content (AvgIpc) is 2.17. The van der Waals surface area contributed by atoms with Crippen molar-refractivity contribution < 1.29 is 4.79 Å². The minimum absolute atomic E-state index is 0.205. The van der Waals surface area contributed by atoms with E-state index in [9.17, 15) is 4.79 Å². The van der Waals surface area contributed by atoms with Crippen LogP contribution in [0.25, 0.3) is 0 Å². The number of hydrogen-bond donors (Lipinski definition) is 2. The van der Waals surface area contributed by atoms with Crippen LogP contribution in [0.3, 0.4) is 0 Å². The zero-order chi connectivity index (χ0) is 9.26. The molecule has 2 heterocycles. The lowest BCUT2D eigenvalue weighted by molar-refractivity contribution is -0.120. The van der Waals surface area contributed by atoms with Gasteiger partial charge in [0.25, 0.3) is 0 Å². The molecule has 0 bridgehead atoms. The number of carbonyl (C=O) groups excluding carboxylic acids is 1. The zero-order valence-corrected chi connectivity index (χ0v) is 7.36. The molecule has 70 valence electrons. The second-order valence-electron chi connectivity index (χ2n) is 3.33. The second-order valence-corrected chi connectivity index (χ2v) is 3.33. The molecular formula is C9H13N3O. The van der Waals surface area contributed by atoms with E-state index in [1.54, 1.807) is 0 Å². The number of amides is 1. The van der Waals surface area contributed by atoms with Crippen LogP contribution in [-0.4, -0.2) is 36.5 Å². The summed E-state index contributed by atoms with van der Waals surface area (Å²) in [7, 11) is 0. The first kappa shape index (κ1) is 8.31. The Morgan fingerprint density at radius 2 is 2.54 bits per heavy atom. The molecule has 1 fully saturated rings. The molecule has 0 spiro atoms. The van der Waals surface area contributed by atoms with Gasteiger partial charge < -0.3 is 10.6 Å². The van der Waals surface area contributed by atoms with Gasteiger partial charge in [0.1, 0.15) is 6.04 Å². The number of hydrogen-bond acceptors (Lipinski definition) is 3. The minimum Gasteiger partial charge on any atom is -0.368 e. The largest absolute Gasteiger partial charge is 0.368 e. The summed E-state index contributed by atoms with van der Waals surface area (Å²) < 4.78 is 0. The first-order valence-electron chi connectivity index (χ1n) is 4.41. The van der Waals surface area contributed by atoms with E-state index >= 15 is 0 Å². The Bertz CT molecular complexity index is 283. The van der Waals surface area contributed by atoms with Crippen LogP contribution in [0.15, 0.2) is 23.9 Å². The molecule has 4 nitrogen and oxygen atoms in total. The van der Waals surface area contributed by atoms with E-state index in [-0.39, 0.29) is 11.9 Å². The number of nitrogens with zero attached hydrogens (tertiary/aromatic N) is 1. The quantitative estimate of drug-likeness (QED) is 0.554. The van der Waals surface area contributed by atoms with Crippen LogP contribution in [-0.2, 0) is 4.79 Å². The van der Waals surface area contributed by atoms with Gasteiger partial charge in [0.15, 0.2) is 0 Å². The highest BCUT2D eigenvalue weighted by atomic mass is 16.1. The highest BCUT2D eigenvalue weighted by molar-refractivity contribution is 5.80. The van der Waals surface area contributed by atoms with Gasteiger partial charge in [-0.15, -0.1) is 0 Å². The maximum Gasteiger partial charge on any atom is 0.236 e. The maximum absolute atomic E-state index is 10.9. The summed E-state index contributed by atoms with van der Waals surface area (Å²) in [5, 5.41) is 3.10. The van der Waals surface area contributed by atoms with E-state index in [1.807, 2.05) is 6.08 Å². The normalized spacial score (nSPS) is 26.6. The lowest BCUT2D eigenvalue weighted by Gasteiger charge is -2.36. The number of carbonyl (C=O) groups is 1. The standard InChI is InChI=1S/C9H13N3O/c10-9(13)8-6-12-4-2-1-3-7(12)5-11-8/h1-3,8,11H,4-6H2,(H2,10,13). The van der Waals surface area contributed by atoms with E-state index < -0.39 is 0 Å². The number of piperazine rings is 1. The molecule has 0 aliphatic carbocycles. The molecule has 0 aromatic rings. The number of rotatable bonds is 1. The van der Waals surface area contributed by atoms with Crippen LogP contribution in [0.5, 0.6) is 0 Å². The molecule has 0 aromatic heterocycles. The van der Waals surface area contributed by atoms with Gasteiger partial charge in [0, 0.05) is 25.3 Å². The van der Waals surface area contributed by atoms with Crippen molar-refractivity contribution in [2.24, 2.45) is 5.73 Å². The Labute approximate surface area is 77.1 Å². The average molecular weight is 179 g/mol. The summed E-state index contributed by atoms with van der Waals surface area (Å²) in [6.45, 7) is 2.31. The fourth-order valence-corrected chi connectivity index (χ4v) is 1.66. The Morgan fingerprint density at radius 1 is 1.69 bits per heavy atom. The smallest absolute Gasteiger partial charge is 0.236 e. The molecule has 1 amide bonds. The van der Waals surface area contributed by atoms with Crippen LogP contribution < -0.4 is 11.1 Å². The SMILES string of the molecule is NC(=O)C1CN2CC=CC=C2CN1. The van der Waals surface area contributed by atoms with Crippen LogP contribution in [0.1, 0.15) is 0 Å². The molecule has 3 N–H and O–H groups in total. The Hall–Kier alpha value is -1.29. The molecule has 0 aromatic carbocycles. The highest BCUT2D eigenvalue weighted by Gasteiger charge is 2.25. The number of nitrogens with one attached hydrogen (secondary N) is 1. The van der Waals surface area contributed by atoms with E-state index in [4.69, 9.17) is 5.73 Å². The van der Waals surface area contributed by atoms with Gasteiger partial charge in [-0.1, -0.05) is 12.2 Å². The van der Waals surface area contributed by atoms with Crippen molar-refractivity contribution in [3.63, 3.8) is 0 Å². The third-order valence-electron chi connectivity index (χ3n) is 2.43. The molecule has 1 atom stereocenters. The first-order chi connectivity index (χ1) is 6.27. The van der Waals surface area contributed by atoms with E-state index in [1.165, 1.54) is 5.70 Å². The summed E-state index contributed by atoms with van der Waals surface area (Å²) >= 11 is 0. The zero-order valence-electron chi connectivity index (χ0n) is 7.36. The van der Waals surface area contributed by atoms with Crippen LogP contribution >= 0.6 is 0 Å². The predicted molar refractivity (Wildman–Crippen MR) is 49.8 cm³/mol. The number of nitrogens with two attached hydrogens (primary N) is 1. The fraction of sp³-hybridized carbons (Fsp3) is 0.444. The van der Waals surface area contributed by atoms with E-state index in [2.05, 4.69) is 22.4 Å². The van der Waals surface area contributed by atoms with Crippen LogP contribution in [0.4, 0.5) is 0 Å². The Kier molecular flexibility index (Phi) is 2.06. The summed E-state index contributed by atoms with van der Waals surface area (Å²) in [5.74, 6) is -0.270. The van der Waals surface area contributed by atoms with Gasteiger partial charge in [-0.3, -0.25) is 10.1 Å². The lowest BCUT2D eigenvalue weighted by atomic mass is 10.1. The van der Waals surface area contributed by atoms with E-state index in [0.717, 1.165) is 13.1 Å². The van der Waals surface area contributed by atoms with Crippen molar-refractivity contribution in [1.29, 1.82) is 0 Å². The molecule has 2 aliphatic rings. The number of primary amides is 1. The van der Waals surface area contributed by atoms with E-state index in [0.29, 0.717) is 6.54 Å². The van der Waals surface area contributed by atoms with Crippen molar-refractivity contribution in [3.8, 4) is 0 Å². The van der Waals surface area contributed by atoms with Gasteiger partial charge in [-0.25, -0.2) is 0 Å². The molecule has 0 radical (unpaired) electrons. The maximum atomic E-state index is 10.9. The van der Waals surface area contributed by atoms with Crippen LogP contribution in [0, 0.1) is 0 Å². The topological polar surface area (TPSA) is 58.4 Å². The summed E-state index contributed by atoms with van der Waals surface area (Å²) in [6.07, 6.45) is 6.18.